The van der Waals surface area contributed by atoms with Gasteiger partial charge in [0.1, 0.15) is 11.6 Å². The lowest BCUT2D eigenvalue weighted by Gasteiger charge is -2.70. The molecule has 3 aliphatic rings. The maximum atomic E-state index is 13.4. The molecule has 7 heteroatoms. The second kappa shape index (κ2) is 7.41. The summed E-state index contributed by atoms with van der Waals surface area (Å²) in [6.45, 7) is -0.218. The third-order valence-electron chi connectivity index (χ3n) is 5.17. The van der Waals surface area contributed by atoms with E-state index >= 15 is 0 Å². The Labute approximate surface area is 172 Å². The summed E-state index contributed by atoms with van der Waals surface area (Å²) in [6.07, 6.45) is 2.00. The summed E-state index contributed by atoms with van der Waals surface area (Å²) in [5, 5.41) is 5.88. The number of rotatable bonds is 5. The van der Waals surface area contributed by atoms with Gasteiger partial charge in [0.15, 0.2) is 6.61 Å². The van der Waals surface area contributed by atoms with Crippen LogP contribution in [0.2, 0.25) is 5.02 Å². The fraction of sp³-hybridized carbons (Fsp3) is 0.273. The van der Waals surface area contributed by atoms with Gasteiger partial charge in [0, 0.05) is 28.6 Å². The summed E-state index contributed by atoms with van der Waals surface area (Å²) in [5.74, 6) is 4.46. The lowest BCUT2D eigenvalue weighted by Crippen LogP contribution is -2.84. The fourth-order valence-electron chi connectivity index (χ4n) is 4.02. The minimum absolute atomic E-state index is 0.00327. The van der Waals surface area contributed by atoms with E-state index in [0.717, 1.165) is 11.6 Å². The molecule has 3 aliphatic carbocycles. The Bertz CT molecular complexity index is 1010. The minimum Gasteiger partial charge on any atom is -0.484 e. The van der Waals surface area contributed by atoms with E-state index in [9.17, 15) is 14.0 Å². The second-order valence-electron chi connectivity index (χ2n) is 7.57. The molecule has 0 atom stereocenters. The van der Waals surface area contributed by atoms with Crippen LogP contribution in [0.5, 0.6) is 5.75 Å². The van der Waals surface area contributed by atoms with Crippen LogP contribution in [0.4, 0.5) is 4.39 Å². The predicted octanol–water partition coefficient (Wildman–Crippen LogP) is 2.82. The van der Waals surface area contributed by atoms with Crippen LogP contribution < -0.4 is 15.4 Å². The molecule has 0 radical (unpaired) electrons. The average molecular weight is 413 g/mol. The summed E-state index contributed by atoms with van der Waals surface area (Å²) in [4.78, 5) is 24.2. The maximum absolute atomic E-state index is 13.4. The number of halogens is 2. The van der Waals surface area contributed by atoms with E-state index in [1.807, 2.05) is 30.3 Å². The van der Waals surface area contributed by atoms with Crippen LogP contribution in [0.15, 0.2) is 48.5 Å². The molecule has 2 amide bonds. The van der Waals surface area contributed by atoms with Crippen molar-refractivity contribution in [2.75, 3.05) is 6.61 Å². The first kappa shape index (κ1) is 19.3. The van der Waals surface area contributed by atoms with Crippen molar-refractivity contribution >= 4 is 23.4 Å². The van der Waals surface area contributed by atoms with Crippen LogP contribution in [-0.4, -0.2) is 29.5 Å². The molecule has 2 aromatic carbocycles. The average Bonchev–Trinajstić information content (AvgIpc) is 2.65. The maximum Gasteiger partial charge on any atom is 0.296 e. The van der Waals surface area contributed by atoms with E-state index in [4.69, 9.17) is 16.3 Å². The number of nitrogens with one attached hydrogen (secondary N) is 2. The largest absolute Gasteiger partial charge is 0.484 e. The summed E-state index contributed by atoms with van der Waals surface area (Å²) in [6, 6.07) is 13.3. The zero-order chi connectivity index (χ0) is 20.5. The Morgan fingerprint density at radius 1 is 1.07 bits per heavy atom. The molecule has 3 saturated carbocycles. The van der Waals surface area contributed by atoms with Gasteiger partial charge in [-0.25, -0.2) is 4.39 Å². The highest BCUT2D eigenvalue weighted by atomic mass is 35.5. The van der Waals surface area contributed by atoms with Gasteiger partial charge in [0.05, 0.1) is 5.02 Å². The molecule has 0 aliphatic heterocycles. The van der Waals surface area contributed by atoms with Crippen LogP contribution in [0, 0.1) is 17.7 Å². The van der Waals surface area contributed by atoms with Crippen LogP contribution in [0.1, 0.15) is 24.8 Å². The summed E-state index contributed by atoms with van der Waals surface area (Å²) < 4.78 is 18.7. The second-order valence-corrected chi connectivity index (χ2v) is 7.98. The van der Waals surface area contributed by atoms with Crippen molar-refractivity contribution in [3.63, 3.8) is 0 Å². The van der Waals surface area contributed by atoms with Gasteiger partial charge in [0.25, 0.3) is 11.8 Å². The number of hydrogen-bond donors (Lipinski definition) is 2. The smallest absolute Gasteiger partial charge is 0.296 e. The Kier molecular flexibility index (Phi) is 4.93. The molecule has 0 spiro atoms. The Morgan fingerprint density at radius 2 is 1.76 bits per heavy atom. The Morgan fingerprint density at radius 3 is 2.45 bits per heavy atom. The number of ether oxygens (including phenoxy) is 1. The molecule has 29 heavy (non-hydrogen) atoms. The van der Waals surface area contributed by atoms with E-state index in [-0.39, 0.29) is 40.3 Å². The molecule has 0 aromatic heterocycles. The van der Waals surface area contributed by atoms with Gasteiger partial charge in [-0.05, 0) is 43.5 Å². The first-order valence-corrected chi connectivity index (χ1v) is 9.53. The van der Waals surface area contributed by atoms with Crippen LogP contribution in [-0.2, 0) is 9.59 Å². The Hall–Kier alpha value is -3.04. The molecule has 148 valence electrons. The number of hydrogen-bond acceptors (Lipinski definition) is 3. The van der Waals surface area contributed by atoms with Gasteiger partial charge < -0.3 is 15.4 Å². The highest BCUT2D eigenvalue weighted by Gasteiger charge is 2.69. The highest BCUT2D eigenvalue weighted by molar-refractivity contribution is 6.30. The van der Waals surface area contributed by atoms with Crippen LogP contribution in [0.3, 0.4) is 0 Å². The van der Waals surface area contributed by atoms with Gasteiger partial charge in [-0.3, -0.25) is 9.59 Å². The van der Waals surface area contributed by atoms with Gasteiger partial charge in [-0.2, -0.15) is 0 Å². The lowest BCUT2D eigenvalue weighted by atomic mass is 9.44. The lowest BCUT2D eigenvalue weighted by molar-refractivity contribution is -0.148. The molecule has 0 heterocycles. The van der Waals surface area contributed by atoms with E-state index in [1.165, 1.54) is 12.1 Å². The molecular weight excluding hydrogens is 395 g/mol. The van der Waals surface area contributed by atoms with Crippen molar-refractivity contribution in [2.24, 2.45) is 0 Å². The monoisotopic (exact) mass is 412 g/mol. The molecule has 2 bridgehead atoms. The SMILES string of the molecule is O=C(C#Cc1ccccc1)NC12CC(NC(=O)COc3ccc(Cl)c(F)c3)(C1)C2. The Balaban J connectivity index is 1.21. The van der Waals surface area contributed by atoms with Crippen LogP contribution in [0.25, 0.3) is 0 Å². The van der Waals surface area contributed by atoms with Crippen molar-refractivity contribution in [1.82, 2.24) is 10.6 Å². The molecular formula is C22H18ClFN2O3. The third kappa shape index (κ3) is 4.20. The number of amides is 2. The molecule has 0 unspecified atom stereocenters. The summed E-state index contributed by atoms with van der Waals surface area (Å²) >= 11 is 5.61. The topological polar surface area (TPSA) is 67.4 Å². The highest BCUT2D eigenvalue weighted by Crippen LogP contribution is 2.60. The van der Waals surface area contributed by atoms with Crippen molar-refractivity contribution < 1.29 is 18.7 Å². The van der Waals surface area contributed by atoms with Crippen molar-refractivity contribution in [3.8, 4) is 17.6 Å². The molecule has 2 aromatic rings. The third-order valence-corrected chi connectivity index (χ3v) is 5.48. The van der Waals surface area contributed by atoms with Gasteiger partial charge in [-0.1, -0.05) is 35.7 Å². The first-order valence-electron chi connectivity index (χ1n) is 9.15. The van der Waals surface area contributed by atoms with E-state index in [2.05, 4.69) is 22.5 Å². The van der Waals surface area contributed by atoms with Crippen molar-refractivity contribution in [1.29, 1.82) is 0 Å². The predicted molar refractivity (Wildman–Crippen MR) is 106 cm³/mol. The molecule has 3 fully saturated rings. The normalized spacial score (nSPS) is 23.5. The minimum atomic E-state index is -0.600. The van der Waals surface area contributed by atoms with Gasteiger partial charge in [-0.15, -0.1) is 0 Å². The molecule has 5 rings (SSSR count). The van der Waals surface area contributed by atoms with Gasteiger partial charge >= 0.3 is 0 Å². The summed E-state index contributed by atoms with van der Waals surface area (Å²) in [5.41, 5.74) is 0.200. The molecule has 0 saturated heterocycles. The van der Waals surface area contributed by atoms with Crippen LogP contribution >= 0.6 is 11.6 Å². The first-order chi connectivity index (χ1) is 13.9. The quantitative estimate of drug-likeness (QED) is 0.742. The van der Waals surface area contributed by atoms with E-state index < -0.39 is 5.82 Å². The number of benzene rings is 2. The number of carbonyl (C=O) groups excluding carboxylic acids is 2. The zero-order valence-electron chi connectivity index (χ0n) is 15.4. The van der Waals surface area contributed by atoms with Crippen molar-refractivity contribution in [3.05, 3.63) is 64.9 Å². The molecule has 2 N–H and O–H groups in total. The van der Waals surface area contributed by atoms with Crippen molar-refractivity contribution in [2.45, 2.75) is 30.3 Å². The standard InChI is InChI=1S/C22H18ClFN2O3/c23-17-8-7-16(10-18(17)24)29-11-20(28)26-22-12-21(13-22,14-22)25-19(27)9-6-15-4-2-1-3-5-15/h1-5,7-8,10H,11-14H2,(H,25,27)(H,26,28). The van der Waals surface area contributed by atoms with E-state index in [1.54, 1.807) is 0 Å². The fourth-order valence-corrected chi connectivity index (χ4v) is 4.14. The molecule has 5 nitrogen and oxygen atoms in total. The zero-order valence-corrected chi connectivity index (χ0v) is 16.2. The summed E-state index contributed by atoms with van der Waals surface area (Å²) in [7, 11) is 0. The number of carbonyl (C=O) groups is 2. The van der Waals surface area contributed by atoms with Gasteiger partial charge in [0.2, 0.25) is 0 Å². The van der Waals surface area contributed by atoms with E-state index in [0.29, 0.717) is 19.3 Å².